The molecule has 0 unspecified atom stereocenters. The van der Waals surface area contributed by atoms with Gasteiger partial charge < -0.3 is 24.3 Å². The van der Waals surface area contributed by atoms with E-state index in [0.717, 1.165) is 63.3 Å². The summed E-state index contributed by atoms with van der Waals surface area (Å²) in [5.41, 5.74) is 4.95. The normalized spacial score (nSPS) is 15.7. The number of nitrogens with one attached hydrogen (secondary N) is 3. The first kappa shape index (κ1) is 48.5. The number of ether oxygens (including phenoxy) is 3. The van der Waals surface area contributed by atoms with E-state index in [4.69, 9.17) is 24.2 Å². The van der Waals surface area contributed by atoms with E-state index in [0.29, 0.717) is 106 Å². The van der Waals surface area contributed by atoms with Gasteiger partial charge in [0.1, 0.15) is 40.7 Å². The summed E-state index contributed by atoms with van der Waals surface area (Å²) in [6.07, 6.45) is 8.77. The minimum Gasteiger partial charge on any atom is -0.491 e. The first-order valence-electron chi connectivity index (χ1n) is 25.2. The Bertz CT molecular complexity index is 3590. The van der Waals surface area contributed by atoms with Gasteiger partial charge in [0.15, 0.2) is 0 Å². The Morgan fingerprint density at radius 1 is 0.694 bits per heavy atom. The van der Waals surface area contributed by atoms with E-state index in [1.807, 2.05) is 12.1 Å². The van der Waals surface area contributed by atoms with Gasteiger partial charge in [0.25, 0.3) is 22.2 Å². The number of piperidine rings is 1. The zero-order valence-corrected chi connectivity index (χ0v) is 42.1. The van der Waals surface area contributed by atoms with Crippen molar-refractivity contribution in [2.45, 2.75) is 110 Å². The van der Waals surface area contributed by atoms with E-state index in [1.165, 1.54) is 36.0 Å². The second kappa shape index (κ2) is 20.6. The largest absolute Gasteiger partial charge is 0.491 e. The number of hydrogen-bond acceptors (Lipinski definition) is 11. The average Bonchev–Trinajstić information content (AvgIpc) is 3.86. The smallest absolute Gasteiger partial charge is 0.335 e. The van der Waals surface area contributed by atoms with Crippen LogP contribution >= 0.6 is 0 Å². The molecular weight excluding hydrogens is 935 g/mol. The number of para-hydroxylation sites is 2. The number of nitrogens with zero attached hydrogens (tertiary/aromatic N) is 6. The molecular formula is C53H61N9O9Si. The van der Waals surface area contributed by atoms with Gasteiger partial charge in [-0.2, -0.15) is 0 Å². The van der Waals surface area contributed by atoms with Crippen molar-refractivity contribution in [1.29, 1.82) is 0 Å². The molecule has 4 aromatic carbocycles. The maximum atomic E-state index is 13.9. The van der Waals surface area contributed by atoms with Gasteiger partial charge in [-0.15, -0.1) is 0 Å². The second-order valence-electron chi connectivity index (χ2n) is 20.3. The molecule has 4 aromatic heterocycles. The van der Waals surface area contributed by atoms with Crippen molar-refractivity contribution in [3.05, 3.63) is 113 Å². The number of hydrogen-bond donors (Lipinski definition) is 4. The van der Waals surface area contributed by atoms with E-state index in [9.17, 15) is 29.1 Å². The number of H-pyrrole nitrogens is 3. The number of carbonyl (C=O) groups is 1. The molecule has 72 heavy (non-hydrogen) atoms. The number of likely N-dealkylation sites (tertiary alicyclic amines) is 1. The summed E-state index contributed by atoms with van der Waals surface area (Å²) in [7, 11) is -1.36. The standard InChI is InChI=1S/C27H32N4O6Si.C26H29N5O3/c1-38(2,3)13-12-36-16-30-20-14-17(27(34)35)15-21-24(20)28-23(26(30)33)18-8-7-9-19-22(18)29-31(25(19)32)10-5-4-6-11-37-21;32-25-23-18-8-7-9-19-22(18)29-31(26(19)33)12-5-2-6-13-34-21-15-17(14-20(27-25)24(21)28-23)16-30-10-3-1-4-11-30/h7-9,14-15,29H,4-6,10-13,16H2,1-3H3,(H,34,35);7-9,14-15,29H,1-6,10-13,16H2,(H,27,32). The van der Waals surface area contributed by atoms with Crippen LogP contribution in [0.2, 0.25) is 25.7 Å². The molecule has 0 atom stereocenters. The number of aromatic nitrogens is 8. The van der Waals surface area contributed by atoms with Gasteiger partial charge in [-0.05, 0) is 112 Å². The highest BCUT2D eigenvalue weighted by Gasteiger charge is 2.24. The van der Waals surface area contributed by atoms with Crippen LogP contribution in [0.3, 0.4) is 0 Å². The third-order valence-electron chi connectivity index (χ3n) is 13.8. The van der Waals surface area contributed by atoms with Crippen LogP contribution in [0.1, 0.15) is 73.7 Å². The van der Waals surface area contributed by atoms with Crippen molar-refractivity contribution in [2.24, 2.45) is 0 Å². The molecule has 4 N–H and O–H groups in total. The highest BCUT2D eigenvalue weighted by molar-refractivity contribution is 6.76. The summed E-state index contributed by atoms with van der Waals surface area (Å²) in [6, 6.07) is 18.6. The third kappa shape index (κ3) is 10.0. The number of rotatable bonds is 8. The van der Waals surface area contributed by atoms with Crippen LogP contribution < -0.4 is 31.7 Å². The number of fused-ring (bicyclic) bond motifs is 6. The van der Waals surface area contributed by atoms with Crippen LogP contribution in [0, 0.1) is 0 Å². The molecule has 19 heteroatoms. The molecule has 8 bridgehead atoms. The number of benzene rings is 4. The molecule has 18 nitrogen and oxygen atoms in total. The number of aromatic carboxylic acids is 1. The predicted molar refractivity (Wildman–Crippen MR) is 280 cm³/mol. The Morgan fingerprint density at radius 2 is 1.28 bits per heavy atom. The lowest BCUT2D eigenvalue weighted by molar-refractivity contribution is 0.0695. The van der Waals surface area contributed by atoms with Crippen LogP contribution in [0.15, 0.2) is 79.8 Å². The Kier molecular flexibility index (Phi) is 13.9. The lowest BCUT2D eigenvalue weighted by Crippen LogP contribution is -2.29. The monoisotopic (exact) mass is 995 g/mol. The van der Waals surface area contributed by atoms with Crippen LogP contribution in [0.4, 0.5) is 0 Å². The van der Waals surface area contributed by atoms with Gasteiger partial charge in [0, 0.05) is 45.4 Å². The summed E-state index contributed by atoms with van der Waals surface area (Å²) in [5, 5.41) is 17.2. The number of carboxylic acid groups (broad SMARTS) is 1. The Balaban J connectivity index is 0.000000167. The van der Waals surface area contributed by atoms with Crippen molar-refractivity contribution in [3.8, 4) is 34.0 Å². The highest BCUT2D eigenvalue weighted by Crippen LogP contribution is 2.32. The zero-order valence-electron chi connectivity index (χ0n) is 41.1. The fourth-order valence-electron chi connectivity index (χ4n) is 9.89. The number of aryl methyl sites for hydroxylation is 2. The molecule has 376 valence electrons. The van der Waals surface area contributed by atoms with Crippen LogP contribution in [0.5, 0.6) is 11.5 Å². The molecule has 8 aromatic rings. The van der Waals surface area contributed by atoms with Gasteiger partial charge in [-0.3, -0.25) is 48.2 Å². The van der Waals surface area contributed by atoms with Crippen molar-refractivity contribution < 1.29 is 24.1 Å². The number of aromatic amines is 3. The van der Waals surface area contributed by atoms with Crippen molar-refractivity contribution in [2.75, 3.05) is 32.9 Å². The molecule has 0 saturated carbocycles. The minimum atomic E-state index is -1.36. The van der Waals surface area contributed by atoms with Gasteiger partial charge in [-0.25, -0.2) is 14.8 Å². The average molecular weight is 996 g/mol. The molecule has 0 radical (unpaired) electrons. The lowest BCUT2D eigenvalue weighted by atomic mass is 10.1. The van der Waals surface area contributed by atoms with Crippen molar-refractivity contribution >= 4 is 57.9 Å². The molecule has 11 rings (SSSR count). The lowest BCUT2D eigenvalue weighted by Gasteiger charge is -2.26. The maximum absolute atomic E-state index is 13.9. The summed E-state index contributed by atoms with van der Waals surface area (Å²) in [5.74, 6) is -0.123. The van der Waals surface area contributed by atoms with Crippen molar-refractivity contribution in [1.82, 2.24) is 44.0 Å². The minimum absolute atomic E-state index is 0.00178. The summed E-state index contributed by atoms with van der Waals surface area (Å²) >= 11 is 0. The van der Waals surface area contributed by atoms with E-state index < -0.39 is 19.6 Å². The van der Waals surface area contributed by atoms with Crippen LogP contribution in [-0.4, -0.2) is 96.0 Å². The molecule has 3 aliphatic heterocycles. The van der Waals surface area contributed by atoms with Gasteiger partial charge in [0.2, 0.25) is 0 Å². The highest BCUT2D eigenvalue weighted by atomic mass is 28.3. The molecule has 0 amide bonds. The maximum Gasteiger partial charge on any atom is 0.335 e. The van der Waals surface area contributed by atoms with Gasteiger partial charge in [-0.1, -0.05) is 50.3 Å². The third-order valence-corrected chi connectivity index (χ3v) is 15.5. The first-order chi connectivity index (χ1) is 34.8. The van der Waals surface area contributed by atoms with Crippen LogP contribution in [-0.2, 0) is 31.1 Å². The second-order valence-corrected chi connectivity index (χ2v) is 26.0. The Morgan fingerprint density at radius 3 is 1.90 bits per heavy atom. The zero-order chi connectivity index (χ0) is 50.1. The molecule has 0 spiro atoms. The summed E-state index contributed by atoms with van der Waals surface area (Å²) in [6.45, 7) is 12.2. The van der Waals surface area contributed by atoms with Gasteiger partial charge >= 0.3 is 5.97 Å². The molecule has 1 fully saturated rings. The quantitative estimate of drug-likeness (QED) is 0.0838. The SMILES string of the molecule is C[Si](C)(C)CCOCn1c(=O)c2nc3c(cc(C(=O)O)cc31)OCCCCCn1[nH]c3c-2cccc3c1=O.O=c1[nH]c2cc(CN3CCCCC3)cc3c2nc1-c1cccc2c(=O)n([nH]c12)CCCCCO3. The molecule has 0 aliphatic carbocycles. The molecule has 7 heterocycles. The van der Waals surface area contributed by atoms with E-state index in [1.54, 1.807) is 39.7 Å². The molecule has 1 saturated heterocycles. The summed E-state index contributed by atoms with van der Waals surface area (Å²) < 4.78 is 22.9. The molecule has 3 aliphatic rings. The number of carboxylic acids is 1. The topological polar surface area (TPSA) is 224 Å². The fourth-order valence-corrected chi connectivity index (χ4v) is 10.7. The van der Waals surface area contributed by atoms with E-state index >= 15 is 0 Å². The van der Waals surface area contributed by atoms with Crippen molar-refractivity contribution in [3.63, 3.8) is 0 Å². The van der Waals surface area contributed by atoms with E-state index in [-0.39, 0.29) is 40.4 Å². The predicted octanol–water partition coefficient (Wildman–Crippen LogP) is 8.06. The van der Waals surface area contributed by atoms with Gasteiger partial charge in [0.05, 0.1) is 51.6 Å². The summed E-state index contributed by atoms with van der Waals surface area (Å²) in [4.78, 5) is 80.1. The van der Waals surface area contributed by atoms with Crippen LogP contribution in [0.25, 0.3) is 66.4 Å². The van der Waals surface area contributed by atoms with E-state index in [2.05, 4.69) is 45.8 Å². The Hall–Kier alpha value is -7.09. The first-order valence-corrected chi connectivity index (χ1v) is 28.9. The Labute approximate surface area is 414 Å². The fraction of sp³-hybridized carbons (Fsp3) is 0.415.